The average Bonchev–Trinajstić information content (AvgIpc) is 2.58. The monoisotopic (exact) mass is 320 g/mol. The fraction of sp³-hybridized carbons (Fsp3) is 0.500. The zero-order chi connectivity index (χ0) is 15.5. The molecule has 0 aliphatic carbocycles. The molecule has 1 aromatic carbocycles. The van der Waals surface area contributed by atoms with Crippen LogP contribution < -0.4 is 0 Å². The van der Waals surface area contributed by atoms with Crippen LogP contribution in [-0.4, -0.2) is 66.0 Å². The molecule has 1 aromatic rings. The van der Waals surface area contributed by atoms with E-state index in [2.05, 4.69) is 0 Å². The Hall–Kier alpha value is -1.53. The van der Waals surface area contributed by atoms with E-state index in [9.17, 15) is 9.59 Å². The van der Waals surface area contributed by atoms with Crippen molar-refractivity contribution in [2.24, 2.45) is 0 Å². The molecule has 3 rings (SSSR count). The Morgan fingerprint density at radius 2 is 1.91 bits per heavy atom. The third-order valence-electron chi connectivity index (χ3n) is 4.19. The van der Waals surface area contributed by atoms with Gasteiger partial charge >= 0.3 is 0 Å². The van der Waals surface area contributed by atoms with E-state index in [1.807, 2.05) is 47.0 Å². The predicted octanol–water partition coefficient (Wildman–Crippen LogP) is 1.16. The maximum Gasteiger partial charge on any atom is 0.254 e. The number of carbonyl (C=O) groups is 2. The van der Waals surface area contributed by atoms with Gasteiger partial charge in [0.2, 0.25) is 5.91 Å². The normalized spacial score (nSPS) is 26.1. The fourth-order valence-electron chi connectivity index (χ4n) is 2.93. The van der Waals surface area contributed by atoms with Gasteiger partial charge in [-0.15, -0.1) is 0 Å². The van der Waals surface area contributed by atoms with Crippen LogP contribution >= 0.6 is 11.8 Å². The van der Waals surface area contributed by atoms with Gasteiger partial charge in [0, 0.05) is 31.6 Å². The van der Waals surface area contributed by atoms with Crippen LogP contribution in [0.15, 0.2) is 30.3 Å². The summed E-state index contributed by atoms with van der Waals surface area (Å²) in [5, 5.41) is 0. The van der Waals surface area contributed by atoms with E-state index in [0.717, 1.165) is 30.2 Å². The number of nitrogens with zero attached hydrogens (tertiary/aromatic N) is 2. The first kappa shape index (κ1) is 15.4. The van der Waals surface area contributed by atoms with Gasteiger partial charge in [0.1, 0.15) is 6.61 Å². The molecule has 0 spiro atoms. The lowest BCUT2D eigenvalue weighted by molar-refractivity contribution is -0.167. The van der Waals surface area contributed by atoms with Crippen LogP contribution in [0.25, 0.3) is 0 Å². The molecule has 2 saturated heterocycles. The van der Waals surface area contributed by atoms with E-state index < -0.39 is 6.10 Å². The van der Waals surface area contributed by atoms with Crippen molar-refractivity contribution in [3.63, 3.8) is 0 Å². The zero-order valence-electron chi connectivity index (χ0n) is 12.6. The first-order valence-corrected chi connectivity index (χ1v) is 8.62. The number of amides is 2. The van der Waals surface area contributed by atoms with Crippen LogP contribution in [-0.2, 0) is 14.3 Å². The highest BCUT2D eigenvalue weighted by Gasteiger charge is 2.41. The molecule has 6 heteroatoms. The molecule has 2 fully saturated rings. The van der Waals surface area contributed by atoms with E-state index in [1.165, 1.54) is 0 Å². The number of likely N-dealkylation sites (N-methyl/N-ethyl adjacent to an activating group) is 1. The molecule has 0 saturated carbocycles. The van der Waals surface area contributed by atoms with Crippen LogP contribution in [0.1, 0.15) is 11.6 Å². The van der Waals surface area contributed by atoms with Gasteiger partial charge in [-0.25, -0.2) is 0 Å². The second kappa shape index (κ2) is 6.71. The first-order chi connectivity index (χ1) is 10.7. The summed E-state index contributed by atoms with van der Waals surface area (Å²) in [7, 11) is 1.74. The number of ether oxygens (including phenoxy) is 1. The van der Waals surface area contributed by atoms with E-state index in [1.54, 1.807) is 11.9 Å². The Bertz CT molecular complexity index is 546. The molecule has 0 N–H and O–H groups in total. The number of morpholine rings is 1. The van der Waals surface area contributed by atoms with Crippen LogP contribution in [0.3, 0.4) is 0 Å². The van der Waals surface area contributed by atoms with Crippen LogP contribution in [0.4, 0.5) is 0 Å². The number of carbonyl (C=O) groups excluding carboxylic acids is 2. The van der Waals surface area contributed by atoms with Gasteiger partial charge < -0.3 is 14.5 Å². The van der Waals surface area contributed by atoms with Crippen molar-refractivity contribution in [1.82, 2.24) is 9.80 Å². The van der Waals surface area contributed by atoms with Crippen LogP contribution in [0.5, 0.6) is 0 Å². The summed E-state index contributed by atoms with van der Waals surface area (Å²) in [4.78, 5) is 28.3. The highest BCUT2D eigenvalue weighted by atomic mass is 32.2. The summed E-state index contributed by atoms with van der Waals surface area (Å²) in [5.41, 5.74) is 0.933. The van der Waals surface area contributed by atoms with Gasteiger partial charge in [-0.1, -0.05) is 30.3 Å². The third kappa shape index (κ3) is 2.98. The number of thioether (sulfide) groups is 1. The largest absolute Gasteiger partial charge is 0.356 e. The average molecular weight is 320 g/mol. The molecule has 118 valence electrons. The second-order valence-electron chi connectivity index (χ2n) is 5.53. The van der Waals surface area contributed by atoms with Crippen LogP contribution in [0, 0.1) is 0 Å². The Balaban J connectivity index is 1.86. The van der Waals surface area contributed by atoms with Crippen molar-refractivity contribution in [3.8, 4) is 0 Å². The summed E-state index contributed by atoms with van der Waals surface area (Å²) >= 11 is 1.86. The van der Waals surface area contributed by atoms with Gasteiger partial charge in [-0.05, 0) is 5.56 Å². The molecule has 0 aromatic heterocycles. The second-order valence-corrected chi connectivity index (χ2v) is 6.75. The number of hydrogen-bond acceptors (Lipinski definition) is 4. The molecule has 0 bridgehead atoms. The minimum atomic E-state index is -0.617. The maximum atomic E-state index is 12.8. The van der Waals surface area contributed by atoms with Crippen molar-refractivity contribution in [1.29, 1.82) is 0 Å². The molecule has 5 nitrogen and oxygen atoms in total. The maximum absolute atomic E-state index is 12.8. The minimum absolute atomic E-state index is 0.00602. The topological polar surface area (TPSA) is 49.9 Å². The molecule has 2 aliphatic rings. The van der Waals surface area contributed by atoms with E-state index in [-0.39, 0.29) is 24.5 Å². The third-order valence-corrected chi connectivity index (χ3v) is 5.13. The van der Waals surface area contributed by atoms with Gasteiger partial charge in [-0.2, -0.15) is 11.8 Å². The zero-order valence-corrected chi connectivity index (χ0v) is 13.4. The molecule has 2 unspecified atom stereocenters. The van der Waals surface area contributed by atoms with E-state index in [0.29, 0.717) is 0 Å². The molecular weight excluding hydrogens is 300 g/mol. The Morgan fingerprint density at radius 3 is 2.59 bits per heavy atom. The molecular formula is C16H20N2O3S. The lowest BCUT2D eigenvalue weighted by atomic mass is 9.97. The van der Waals surface area contributed by atoms with Gasteiger partial charge in [-0.3, -0.25) is 9.59 Å². The minimum Gasteiger partial charge on any atom is -0.356 e. The Labute approximate surface area is 134 Å². The van der Waals surface area contributed by atoms with Crippen molar-refractivity contribution < 1.29 is 14.3 Å². The van der Waals surface area contributed by atoms with E-state index in [4.69, 9.17) is 4.74 Å². The molecule has 2 atom stereocenters. The number of benzene rings is 1. The number of hydrogen-bond donors (Lipinski definition) is 0. The van der Waals surface area contributed by atoms with Crippen molar-refractivity contribution in [2.75, 3.05) is 38.2 Å². The van der Waals surface area contributed by atoms with Crippen LogP contribution in [0.2, 0.25) is 0 Å². The molecule has 2 heterocycles. The summed E-state index contributed by atoms with van der Waals surface area (Å²) in [5.74, 6) is 1.83. The summed E-state index contributed by atoms with van der Waals surface area (Å²) in [6.45, 7) is 1.48. The molecule has 0 radical (unpaired) electrons. The van der Waals surface area contributed by atoms with Crippen molar-refractivity contribution >= 4 is 23.6 Å². The molecule has 2 aliphatic heterocycles. The summed E-state index contributed by atoms with van der Waals surface area (Å²) in [6, 6.07) is 9.28. The Morgan fingerprint density at radius 1 is 1.23 bits per heavy atom. The van der Waals surface area contributed by atoms with Gasteiger partial charge in [0.25, 0.3) is 5.91 Å². The number of rotatable bonds is 2. The van der Waals surface area contributed by atoms with Gasteiger partial charge in [0.15, 0.2) is 6.10 Å². The lowest BCUT2D eigenvalue weighted by Crippen LogP contribution is -2.55. The SMILES string of the molecule is CN1C(=O)COC(C(=O)N2CCSCC2)C1c1ccccc1. The molecule has 2 amide bonds. The fourth-order valence-corrected chi connectivity index (χ4v) is 3.83. The first-order valence-electron chi connectivity index (χ1n) is 7.47. The summed E-state index contributed by atoms with van der Waals surface area (Å²) < 4.78 is 5.65. The van der Waals surface area contributed by atoms with Crippen molar-refractivity contribution in [3.05, 3.63) is 35.9 Å². The Kier molecular flexibility index (Phi) is 4.69. The smallest absolute Gasteiger partial charge is 0.254 e. The van der Waals surface area contributed by atoms with Gasteiger partial charge in [0.05, 0.1) is 6.04 Å². The standard InChI is InChI=1S/C16H20N2O3S/c1-17-13(19)11-21-15(14(17)12-5-3-2-4-6-12)16(20)18-7-9-22-10-8-18/h2-6,14-15H,7-11H2,1H3. The lowest BCUT2D eigenvalue weighted by Gasteiger charge is -2.40. The summed E-state index contributed by atoms with van der Waals surface area (Å²) in [6.07, 6.45) is -0.617. The van der Waals surface area contributed by atoms with Crippen molar-refractivity contribution in [2.45, 2.75) is 12.1 Å². The quantitative estimate of drug-likeness (QED) is 0.820. The van der Waals surface area contributed by atoms with E-state index >= 15 is 0 Å². The molecule has 22 heavy (non-hydrogen) atoms. The highest BCUT2D eigenvalue weighted by Crippen LogP contribution is 2.30. The predicted molar refractivity (Wildman–Crippen MR) is 85.6 cm³/mol. The highest BCUT2D eigenvalue weighted by molar-refractivity contribution is 7.99.